The lowest BCUT2D eigenvalue weighted by atomic mass is 10.2. The normalized spacial score (nSPS) is 18.5. The van der Waals surface area contributed by atoms with Gasteiger partial charge >= 0.3 is 6.36 Å². The van der Waals surface area contributed by atoms with Crippen molar-refractivity contribution in [3.63, 3.8) is 0 Å². The van der Waals surface area contributed by atoms with Crippen LogP contribution in [0.4, 0.5) is 23.2 Å². The second-order valence-electron chi connectivity index (χ2n) is 6.85. The van der Waals surface area contributed by atoms with Crippen molar-refractivity contribution in [2.45, 2.75) is 6.36 Å². The molecule has 0 bridgehead atoms. The van der Waals surface area contributed by atoms with Gasteiger partial charge in [0.05, 0.1) is 10.6 Å². The summed E-state index contributed by atoms with van der Waals surface area (Å²) in [7, 11) is 0. The van der Waals surface area contributed by atoms with Crippen LogP contribution in [0, 0.1) is 5.82 Å². The van der Waals surface area contributed by atoms with E-state index in [4.69, 9.17) is 0 Å². The molecule has 0 atom stereocenters. The van der Waals surface area contributed by atoms with Crippen molar-refractivity contribution in [2.24, 2.45) is 4.99 Å². The van der Waals surface area contributed by atoms with E-state index in [9.17, 15) is 22.4 Å². The van der Waals surface area contributed by atoms with Crippen LogP contribution in [0.25, 0.3) is 6.08 Å². The lowest BCUT2D eigenvalue weighted by Crippen LogP contribution is -2.48. The van der Waals surface area contributed by atoms with Gasteiger partial charge in [-0.05, 0) is 47.7 Å². The number of alkyl halides is 3. The number of thioether (sulfide) groups is 1. The summed E-state index contributed by atoms with van der Waals surface area (Å²) in [5, 5.41) is 0.571. The maximum Gasteiger partial charge on any atom is 0.573 e. The zero-order chi connectivity index (χ0) is 22.0. The van der Waals surface area contributed by atoms with Crippen LogP contribution in [0.15, 0.2) is 58.4 Å². The first kappa shape index (κ1) is 21.2. The number of benzene rings is 2. The Morgan fingerprint density at radius 2 is 1.61 bits per heavy atom. The molecule has 1 fully saturated rings. The van der Waals surface area contributed by atoms with Gasteiger partial charge in [0.15, 0.2) is 5.17 Å². The second-order valence-corrected chi connectivity index (χ2v) is 7.86. The van der Waals surface area contributed by atoms with E-state index in [2.05, 4.69) is 9.73 Å². The van der Waals surface area contributed by atoms with Crippen LogP contribution in [0.5, 0.6) is 5.75 Å². The lowest BCUT2D eigenvalue weighted by molar-refractivity contribution is -0.274. The number of amidine groups is 1. The lowest BCUT2D eigenvalue weighted by Gasteiger charge is -2.36. The van der Waals surface area contributed by atoms with Gasteiger partial charge < -0.3 is 14.5 Å². The first-order valence-corrected chi connectivity index (χ1v) is 10.2. The van der Waals surface area contributed by atoms with Crippen LogP contribution in [0.1, 0.15) is 5.56 Å². The van der Waals surface area contributed by atoms with Gasteiger partial charge in [-0.15, -0.1) is 13.2 Å². The van der Waals surface area contributed by atoms with Gasteiger partial charge in [-0.2, -0.15) is 4.99 Å². The van der Waals surface area contributed by atoms with E-state index in [0.29, 0.717) is 47.5 Å². The molecule has 0 spiro atoms. The Labute approximate surface area is 180 Å². The maximum absolute atomic E-state index is 14.0. The Kier molecular flexibility index (Phi) is 5.90. The Morgan fingerprint density at radius 3 is 2.26 bits per heavy atom. The second kappa shape index (κ2) is 8.62. The van der Waals surface area contributed by atoms with Crippen molar-refractivity contribution in [2.75, 3.05) is 31.1 Å². The summed E-state index contributed by atoms with van der Waals surface area (Å²) in [6.07, 6.45) is -3.17. The number of carbonyl (C=O) groups excluding carboxylic acids is 1. The molecule has 1 saturated heterocycles. The van der Waals surface area contributed by atoms with E-state index in [1.807, 2.05) is 9.80 Å². The number of hydrogen-bond acceptors (Lipinski definition) is 5. The molecule has 31 heavy (non-hydrogen) atoms. The largest absolute Gasteiger partial charge is 0.573 e. The maximum atomic E-state index is 14.0. The number of aliphatic imine (C=N–C) groups is 1. The zero-order valence-corrected chi connectivity index (χ0v) is 16.9. The molecule has 4 rings (SSSR count). The standard InChI is InChI=1S/C21H17F4N3O2S/c22-16-3-1-2-4-17(16)27-9-11-28(12-10-27)20-26-19(29)18(31-20)13-14-5-7-15(8-6-14)30-21(23,24)25/h1-8,13H,9-12H2/b18-13+. The fourth-order valence-electron chi connectivity index (χ4n) is 3.30. The molecule has 2 aromatic rings. The average Bonchev–Trinajstić information content (AvgIpc) is 3.09. The summed E-state index contributed by atoms with van der Waals surface area (Å²) in [6.45, 7) is 2.36. The van der Waals surface area contributed by atoms with Crippen LogP contribution in [-0.4, -0.2) is 48.5 Å². The first-order valence-electron chi connectivity index (χ1n) is 9.41. The van der Waals surface area contributed by atoms with Gasteiger partial charge in [0.1, 0.15) is 11.6 Å². The van der Waals surface area contributed by atoms with E-state index in [1.54, 1.807) is 24.3 Å². The Morgan fingerprint density at radius 1 is 0.968 bits per heavy atom. The van der Waals surface area contributed by atoms with Gasteiger partial charge in [-0.25, -0.2) is 4.39 Å². The highest BCUT2D eigenvalue weighted by Gasteiger charge is 2.31. The van der Waals surface area contributed by atoms with E-state index < -0.39 is 12.3 Å². The van der Waals surface area contributed by atoms with Crippen LogP contribution in [0.3, 0.4) is 0 Å². The summed E-state index contributed by atoms with van der Waals surface area (Å²) in [5.74, 6) is -0.993. The van der Waals surface area contributed by atoms with Gasteiger partial charge in [0.2, 0.25) is 0 Å². The number of piperazine rings is 1. The van der Waals surface area contributed by atoms with Crippen LogP contribution in [0.2, 0.25) is 0 Å². The molecule has 10 heteroatoms. The third kappa shape index (κ3) is 5.19. The third-order valence-electron chi connectivity index (χ3n) is 4.76. The molecular weight excluding hydrogens is 434 g/mol. The minimum atomic E-state index is -4.75. The Hall–Kier alpha value is -3.01. The highest BCUT2D eigenvalue weighted by molar-refractivity contribution is 8.18. The summed E-state index contributed by atoms with van der Waals surface area (Å²) in [6, 6.07) is 11.9. The van der Waals surface area contributed by atoms with Gasteiger partial charge in [-0.3, -0.25) is 4.79 Å². The van der Waals surface area contributed by atoms with Crippen LogP contribution >= 0.6 is 11.8 Å². The molecule has 2 aliphatic rings. The summed E-state index contributed by atoms with van der Waals surface area (Å²) < 4.78 is 54.6. The third-order valence-corrected chi connectivity index (χ3v) is 5.81. The van der Waals surface area contributed by atoms with Crippen molar-refractivity contribution in [3.8, 4) is 5.75 Å². The molecule has 2 heterocycles. The summed E-state index contributed by atoms with van der Waals surface area (Å²) in [5.41, 5.74) is 1.11. The predicted octanol–water partition coefficient (Wildman–Crippen LogP) is 4.52. The van der Waals surface area contributed by atoms with Gasteiger partial charge in [0.25, 0.3) is 5.91 Å². The SMILES string of the molecule is O=C1N=C(N2CCN(c3ccccc3F)CC2)S/C1=C/c1ccc(OC(F)(F)F)cc1. The Balaban J connectivity index is 1.37. The number of rotatable bonds is 3. The quantitative estimate of drug-likeness (QED) is 0.507. The van der Waals surface area contributed by atoms with Crippen molar-refractivity contribution in [1.82, 2.24) is 4.90 Å². The first-order chi connectivity index (χ1) is 14.8. The number of halogens is 4. The molecule has 0 unspecified atom stereocenters. The van der Waals surface area contributed by atoms with Crippen molar-refractivity contribution in [3.05, 3.63) is 64.8 Å². The number of nitrogens with zero attached hydrogens (tertiary/aromatic N) is 3. The zero-order valence-electron chi connectivity index (χ0n) is 16.1. The molecule has 1 amide bonds. The number of amides is 1. The fourth-order valence-corrected chi connectivity index (χ4v) is 4.26. The van der Waals surface area contributed by atoms with Crippen molar-refractivity contribution >= 4 is 34.6 Å². The highest BCUT2D eigenvalue weighted by atomic mass is 32.2. The topological polar surface area (TPSA) is 45.1 Å². The molecule has 2 aromatic carbocycles. The van der Waals surface area contributed by atoms with E-state index in [0.717, 1.165) is 0 Å². The predicted molar refractivity (Wildman–Crippen MR) is 111 cm³/mol. The van der Waals surface area contributed by atoms with Gasteiger partial charge in [-0.1, -0.05) is 24.3 Å². The number of hydrogen-bond donors (Lipinski definition) is 0. The Bertz CT molecular complexity index is 1030. The molecule has 162 valence electrons. The van der Waals surface area contributed by atoms with Crippen LogP contribution < -0.4 is 9.64 Å². The van der Waals surface area contributed by atoms with E-state index >= 15 is 0 Å². The highest BCUT2D eigenvalue weighted by Crippen LogP contribution is 2.32. The summed E-state index contributed by atoms with van der Waals surface area (Å²) in [4.78, 5) is 20.7. The molecule has 5 nitrogen and oxygen atoms in total. The van der Waals surface area contributed by atoms with E-state index in [-0.39, 0.29) is 11.6 Å². The van der Waals surface area contributed by atoms with Crippen molar-refractivity contribution in [1.29, 1.82) is 0 Å². The molecular formula is C21H17F4N3O2S. The minimum Gasteiger partial charge on any atom is -0.406 e. The average molecular weight is 451 g/mol. The number of ether oxygens (including phenoxy) is 1. The molecule has 0 saturated carbocycles. The minimum absolute atomic E-state index is 0.268. The monoisotopic (exact) mass is 451 g/mol. The number of anilines is 1. The smallest absolute Gasteiger partial charge is 0.406 e. The molecule has 0 radical (unpaired) electrons. The molecule has 0 aliphatic carbocycles. The molecule has 0 aromatic heterocycles. The number of carbonyl (C=O) groups is 1. The molecule has 0 N–H and O–H groups in total. The molecule has 2 aliphatic heterocycles. The number of para-hydroxylation sites is 1. The summed E-state index contributed by atoms with van der Waals surface area (Å²) >= 11 is 1.22. The van der Waals surface area contributed by atoms with Crippen LogP contribution in [-0.2, 0) is 4.79 Å². The fraction of sp³-hybridized carbons (Fsp3) is 0.238. The van der Waals surface area contributed by atoms with Crippen molar-refractivity contribution < 1.29 is 27.1 Å². The van der Waals surface area contributed by atoms with E-state index in [1.165, 1.54) is 42.1 Å². The van der Waals surface area contributed by atoms with Gasteiger partial charge in [0, 0.05) is 26.2 Å².